The molecule has 0 spiro atoms. The van der Waals surface area contributed by atoms with Crippen molar-refractivity contribution in [1.82, 2.24) is 0 Å². The first kappa shape index (κ1) is 10.9. The molecule has 16 heavy (non-hydrogen) atoms. The molecule has 0 radical (unpaired) electrons. The third-order valence-electron chi connectivity index (χ3n) is 2.28. The molecule has 0 aliphatic heterocycles. The zero-order chi connectivity index (χ0) is 11.4. The molecule has 0 saturated heterocycles. The van der Waals surface area contributed by atoms with Crippen LogP contribution >= 0.6 is 11.6 Å². The van der Waals surface area contributed by atoms with Gasteiger partial charge in [0.1, 0.15) is 5.76 Å². The van der Waals surface area contributed by atoms with Crippen molar-refractivity contribution in [2.45, 2.75) is 6.42 Å². The molecule has 2 aromatic rings. The number of nitrogens with one attached hydrogen (secondary N) is 1. The minimum Gasteiger partial charge on any atom is -0.469 e. The fraction of sp³-hybridized carbons (Fsp3) is 0.167. The van der Waals surface area contributed by atoms with Gasteiger partial charge in [-0.25, -0.2) is 0 Å². The standard InChI is InChI=1S/C12H13ClN2O/c13-9-3-4-12(11(14)8-9)15-6-5-10-2-1-7-16-10/h1-4,7-8,15H,5-6,14H2. The normalized spacial score (nSPS) is 10.3. The lowest BCUT2D eigenvalue weighted by Gasteiger charge is -2.08. The van der Waals surface area contributed by atoms with Crippen LogP contribution < -0.4 is 11.1 Å². The molecule has 3 N–H and O–H groups in total. The quantitative estimate of drug-likeness (QED) is 0.802. The lowest BCUT2D eigenvalue weighted by Crippen LogP contribution is -2.06. The van der Waals surface area contributed by atoms with E-state index in [9.17, 15) is 0 Å². The summed E-state index contributed by atoms with van der Waals surface area (Å²) in [5, 5.41) is 3.88. The first-order valence-electron chi connectivity index (χ1n) is 5.07. The number of furan rings is 1. The summed E-state index contributed by atoms with van der Waals surface area (Å²) in [5.41, 5.74) is 7.37. The highest BCUT2D eigenvalue weighted by Crippen LogP contribution is 2.22. The lowest BCUT2D eigenvalue weighted by atomic mass is 10.2. The maximum absolute atomic E-state index is 5.81. The third kappa shape index (κ3) is 2.70. The average Bonchev–Trinajstić information content (AvgIpc) is 2.74. The SMILES string of the molecule is Nc1cc(Cl)ccc1NCCc1ccco1. The molecule has 4 heteroatoms. The second-order valence-corrected chi connectivity index (χ2v) is 3.92. The Kier molecular flexibility index (Phi) is 3.37. The summed E-state index contributed by atoms with van der Waals surface area (Å²) >= 11 is 5.81. The van der Waals surface area contributed by atoms with Gasteiger partial charge in [-0.1, -0.05) is 11.6 Å². The number of hydrogen-bond donors (Lipinski definition) is 2. The van der Waals surface area contributed by atoms with Crippen molar-refractivity contribution < 1.29 is 4.42 Å². The summed E-state index contributed by atoms with van der Waals surface area (Å²) in [6.45, 7) is 0.777. The molecule has 0 bridgehead atoms. The largest absolute Gasteiger partial charge is 0.469 e. The van der Waals surface area contributed by atoms with Gasteiger partial charge in [-0.15, -0.1) is 0 Å². The molecule has 3 nitrogen and oxygen atoms in total. The van der Waals surface area contributed by atoms with Crippen molar-refractivity contribution in [3.63, 3.8) is 0 Å². The monoisotopic (exact) mass is 236 g/mol. The maximum Gasteiger partial charge on any atom is 0.105 e. The van der Waals surface area contributed by atoms with Gasteiger partial charge >= 0.3 is 0 Å². The van der Waals surface area contributed by atoms with Gasteiger partial charge in [0.05, 0.1) is 17.6 Å². The van der Waals surface area contributed by atoms with Gasteiger partial charge in [0.15, 0.2) is 0 Å². The molecule has 0 unspecified atom stereocenters. The topological polar surface area (TPSA) is 51.2 Å². The molecule has 1 aromatic carbocycles. The first-order chi connectivity index (χ1) is 7.75. The van der Waals surface area contributed by atoms with Crippen molar-refractivity contribution in [2.75, 3.05) is 17.6 Å². The third-order valence-corrected chi connectivity index (χ3v) is 2.52. The minimum atomic E-state index is 0.647. The Hall–Kier alpha value is -1.61. The van der Waals surface area contributed by atoms with Gasteiger partial charge in [-0.3, -0.25) is 0 Å². The van der Waals surface area contributed by atoms with E-state index in [2.05, 4.69) is 5.32 Å². The average molecular weight is 237 g/mol. The fourth-order valence-electron chi connectivity index (χ4n) is 1.47. The Morgan fingerprint density at radius 3 is 2.88 bits per heavy atom. The summed E-state index contributed by atoms with van der Waals surface area (Å²) in [7, 11) is 0. The van der Waals surface area contributed by atoms with E-state index in [1.165, 1.54) is 0 Å². The van der Waals surface area contributed by atoms with Crippen LogP contribution in [0.2, 0.25) is 5.02 Å². The first-order valence-corrected chi connectivity index (χ1v) is 5.45. The fourth-order valence-corrected chi connectivity index (χ4v) is 1.65. The second kappa shape index (κ2) is 4.94. The Labute approximate surface area is 99.2 Å². The van der Waals surface area contributed by atoms with Crippen LogP contribution in [-0.4, -0.2) is 6.54 Å². The number of halogens is 1. The highest BCUT2D eigenvalue weighted by molar-refractivity contribution is 6.31. The molecule has 0 aliphatic rings. The molecule has 0 fully saturated rings. The maximum atomic E-state index is 5.81. The van der Waals surface area contributed by atoms with E-state index in [4.69, 9.17) is 21.8 Å². The number of benzene rings is 1. The number of rotatable bonds is 4. The van der Waals surface area contributed by atoms with Crippen LogP contribution in [0, 0.1) is 0 Å². The van der Waals surface area contributed by atoms with Crippen LogP contribution in [0.4, 0.5) is 11.4 Å². The van der Waals surface area contributed by atoms with E-state index in [1.807, 2.05) is 24.3 Å². The van der Waals surface area contributed by atoms with Gasteiger partial charge in [-0.05, 0) is 30.3 Å². The van der Waals surface area contributed by atoms with Crippen LogP contribution in [0.1, 0.15) is 5.76 Å². The predicted octanol–water partition coefficient (Wildman–Crippen LogP) is 3.17. The molecule has 1 aromatic heterocycles. The number of nitrogens with two attached hydrogens (primary N) is 1. The molecule has 2 rings (SSSR count). The van der Waals surface area contributed by atoms with E-state index in [0.29, 0.717) is 10.7 Å². The molecule has 0 amide bonds. The summed E-state index contributed by atoms with van der Waals surface area (Å²) < 4.78 is 5.23. The highest BCUT2D eigenvalue weighted by Gasteiger charge is 2.00. The van der Waals surface area contributed by atoms with E-state index >= 15 is 0 Å². The molecular weight excluding hydrogens is 224 g/mol. The molecule has 0 saturated carbocycles. The zero-order valence-corrected chi connectivity index (χ0v) is 9.50. The van der Waals surface area contributed by atoms with Gasteiger partial charge in [0.2, 0.25) is 0 Å². The Bertz CT molecular complexity index is 454. The van der Waals surface area contributed by atoms with Crippen LogP contribution in [0.15, 0.2) is 41.0 Å². The molecule has 84 valence electrons. The Morgan fingerprint density at radius 2 is 2.19 bits per heavy atom. The summed E-state index contributed by atoms with van der Waals surface area (Å²) in [5.74, 6) is 0.958. The summed E-state index contributed by atoms with van der Waals surface area (Å²) in [4.78, 5) is 0. The Morgan fingerprint density at radius 1 is 1.31 bits per heavy atom. The molecule has 0 atom stereocenters. The molecule has 0 aliphatic carbocycles. The summed E-state index contributed by atoms with van der Waals surface area (Å²) in [6, 6.07) is 9.25. The predicted molar refractivity (Wildman–Crippen MR) is 66.8 cm³/mol. The van der Waals surface area contributed by atoms with Crippen LogP contribution in [0.3, 0.4) is 0 Å². The van der Waals surface area contributed by atoms with E-state index < -0.39 is 0 Å². The smallest absolute Gasteiger partial charge is 0.105 e. The summed E-state index contributed by atoms with van der Waals surface area (Å²) in [6.07, 6.45) is 2.50. The van der Waals surface area contributed by atoms with E-state index in [-0.39, 0.29) is 0 Å². The van der Waals surface area contributed by atoms with Crippen molar-refractivity contribution in [1.29, 1.82) is 0 Å². The van der Waals surface area contributed by atoms with Crippen LogP contribution in [0.5, 0.6) is 0 Å². The van der Waals surface area contributed by atoms with Crippen LogP contribution in [-0.2, 0) is 6.42 Å². The second-order valence-electron chi connectivity index (χ2n) is 3.49. The lowest BCUT2D eigenvalue weighted by molar-refractivity contribution is 0.513. The highest BCUT2D eigenvalue weighted by atomic mass is 35.5. The minimum absolute atomic E-state index is 0.647. The van der Waals surface area contributed by atoms with E-state index in [0.717, 1.165) is 24.4 Å². The number of nitrogen functional groups attached to an aromatic ring is 1. The van der Waals surface area contributed by atoms with Crippen molar-refractivity contribution in [2.24, 2.45) is 0 Å². The van der Waals surface area contributed by atoms with Crippen molar-refractivity contribution >= 4 is 23.0 Å². The van der Waals surface area contributed by atoms with E-state index in [1.54, 1.807) is 12.3 Å². The van der Waals surface area contributed by atoms with Crippen LogP contribution in [0.25, 0.3) is 0 Å². The Balaban J connectivity index is 1.90. The zero-order valence-electron chi connectivity index (χ0n) is 8.74. The van der Waals surface area contributed by atoms with Gasteiger partial charge in [0, 0.05) is 18.0 Å². The van der Waals surface area contributed by atoms with Crippen molar-refractivity contribution in [3.8, 4) is 0 Å². The van der Waals surface area contributed by atoms with Gasteiger partial charge < -0.3 is 15.5 Å². The van der Waals surface area contributed by atoms with Gasteiger partial charge in [-0.2, -0.15) is 0 Å². The molecule has 1 heterocycles. The number of anilines is 2. The number of hydrogen-bond acceptors (Lipinski definition) is 3. The van der Waals surface area contributed by atoms with Crippen molar-refractivity contribution in [3.05, 3.63) is 47.4 Å². The molecular formula is C12H13ClN2O. The van der Waals surface area contributed by atoms with Gasteiger partial charge in [0.25, 0.3) is 0 Å².